The van der Waals surface area contributed by atoms with E-state index in [1.165, 1.54) is 30.3 Å². The Morgan fingerprint density at radius 3 is 2.41 bits per heavy atom. The van der Waals surface area contributed by atoms with E-state index in [2.05, 4.69) is 0 Å². The lowest BCUT2D eigenvalue weighted by molar-refractivity contribution is -0.141. The van der Waals surface area contributed by atoms with Crippen LogP contribution in [0.2, 0.25) is 5.02 Å². The Labute approximate surface area is 259 Å². The first kappa shape index (κ1) is 31.6. The topological polar surface area (TPSA) is 118 Å². The first-order chi connectivity index (χ1) is 20.8. The fourth-order valence-corrected chi connectivity index (χ4v) is 8.01. The highest BCUT2D eigenvalue weighted by Gasteiger charge is 2.42. The predicted molar refractivity (Wildman–Crippen MR) is 165 cm³/mol. The molecule has 1 unspecified atom stereocenters. The van der Waals surface area contributed by atoms with Crippen molar-refractivity contribution in [1.82, 2.24) is 4.31 Å². The van der Waals surface area contributed by atoms with Gasteiger partial charge in [-0.25, -0.2) is 21.2 Å². The molecule has 0 aromatic heterocycles. The smallest absolute Gasteiger partial charge is 0.321 e. The Kier molecular flexibility index (Phi) is 8.81. The Bertz CT molecular complexity index is 2000. The van der Waals surface area contributed by atoms with Crippen LogP contribution < -0.4 is 4.90 Å². The summed E-state index contributed by atoms with van der Waals surface area (Å²) >= 11 is 6.06. The number of sulfonamides is 1. The minimum absolute atomic E-state index is 0.0294. The number of nitrogens with zero attached hydrogens (tertiary/aromatic N) is 2. The number of methoxy groups -OCH3 is 1. The van der Waals surface area contributed by atoms with Gasteiger partial charge in [-0.3, -0.25) is 9.59 Å². The predicted octanol–water partition coefficient (Wildman–Crippen LogP) is 5.06. The van der Waals surface area contributed by atoms with Gasteiger partial charge in [-0.15, -0.1) is 0 Å². The van der Waals surface area contributed by atoms with Crippen LogP contribution in [-0.4, -0.2) is 65.5 Å². The van der Waals surface area contributed by atoms with Crippen molar-refractivity contribution >= 4 is 59.8 Å². The highest BCUT2D eigenvalue weighted by Crippen LogP contribution is 2.34. The van der Waals surface area contributed by atoms with Crippen LogP contribution in [0, 0.1) is 5.82 Å². The second kappa shape index (κ2) is 12.3. The molecule has 4 aromatic rings. The lowest BCUT2D eigenvalue weighted by atomic mass is 10.0. The molecule has 5 rings (SSSR count). The van der Waals surface area contributed by atoms with E-state index in [0.29, 0.717) is 33.3 Å². The number of ether oxygens (including phenoxy) is 1. The normalized spacial score (nSPS) is 16.0. The molecule has 0 radical (unpaired) electrons. The van der Waals surface area contributed by atoms with E-state index in [-0.39, 0.29) is 28.4 Å². The highest BCUT2D eigenvalue weighted by molar-refractivity contribution is 7.90. The van der Waals surface area contributed by atoms with Crippen molar-refractivity contribution in [3.05, 3.63) is 89.7 Å². The van der Waals surface area contributed by atoms with Crippen LogP contribution >= 0.6 is 11.6 Å². The fraction of sp³-hybridized carbons (Fsp3) is 0.226. The molecule has 0 N–H and O–H groups in total. The van der Waals surface area contributed by atoms with Crippen LogP contribution in [0.15, 0.2) is 88.7 Å². The van der Waals surface area contributed by atoms with Gasteiger partial charge < -0.3 is 9.64 Å². The van der Waals surface area contributed by atoms with E-state index < -0.39 is 50.1 Å². The Hall–Kier alpha value is -3.84. The van der Waals surface area contributed by atoms with Gasteiger partial charge in [-0.2, -0.15) is 4.31 Å². The number of hydrogen-bond acceptors (Lipinski definition) is 7. The number of carbonyl (C=O) groups excluding carboxylic acids is 2. The number of esters is 1. The summed E-state index contributed by atoms with van der Waals surface area (Å²) in [7, 11) is -6.91. The lowest BCUT2D eigenvalue weighted by Gasteiger charge is -2.37. The first-order valence-electron chi connectivity index (χ1n) is 13.5. The summed E-state index contributed by atoms with van der Waals surface area (Å²) in [5, 5.41) is 1.77. The van der Waals surface area contributed by atoms with Crippen molar-refractivity contribution in [2.45, 2.75) is 28.7 Å². The van der Waals surface area contributed by atoms with Crippen molar-refractivity contribution < 1.29 is 35.6 Å². The molecule has 0 bridgehead atoms. The molecular weight excluding hydrogens is 631 g/mol. The van der Waals surface area contributed by atoms with E-state index in [9.17, 15) is 26.4 Å². The average Bonchev–Trinajstić information content (AvgIpc) is 2.99. The number of sulfone groups is 1. The summed E-state index contributed by atoms with van der Waals surface area (Å²) in [6.07, 6.45) is 1.47. The number of piperidine rings is 1. The summed E-state index contributed by atoms with van der Waals surface area (Å²) < 4.78 is 73.7. The molecule has 1 aliphatic heterocycles. The van der Waals surface area contributed by atoms with Crippen molar-refractivity contribution in [2.75, 3.05) is 31.4 Å². The molecule has 0 aliphatic carbocycles. The molecule has 1 amide bonds. The highest BCUT2D eigenvalue weighted by atomic mass is 35.5. The molecule has 0 saturated carbocycles. The number of halogens is 2. The number of anilines is 1. The van der Waals surface area contributed by atoms with Crippen molar-refractivity contribution in [3.8, 4) is 11.1 Å². The van der Waals surface area contributed by atoms with Gasteiger partial charge in [0, 0.05) is 23.4 Å². The third kappa shape index (κ3) is 6.20. The third-order valence-electron chi connectivity index (χ3n) is 7.49. The van der Waals surface area contributed by atoms with Gasteiger partial charge in [-0.1, -0.05) is 48.0 Å². The maximum absolute atomic E-state index is 15.6. The molecule has 1 atom stereocenters. The molecule has 4 aromatic carbocycles. The average molecular weight is 659 g/mol. The van der Waals surface area contributed by atoms with Crippen LogP contribution in [-0.2, 0) is 34.2 Å². The van der Waals surface area contributed by atoms with Gasteiger partial charge in [0.05, 0.1) is 22.6 Å². The van der Waals surface area contributed by atoms with E-state index in [0.717, 1.165) is 28.6 Å². The summed E-state index contributed by atoms with van der Waals surface area (Å²) in [6.45, 7) is -0.625. The summed E-state index contributed by atoms with van der Waals surface area (Å²) in [4.78, 5) is 27.3. The van der Waals surface area contributed by atoms with Gasteiger partial charge >= 0.3 is 5.97 Å². The maximum atomic E-state index is 15.6. The monoisotopic (exact) mass is 658 g/mol. The van der Waals surface area contributed by atoms with Crippen LogP contribution in [0.5, 0.6) is 0 Å². The summed E-state index contributed by atoms with van der Waals surface area (Å²) in [5.41, 5.74) is 0.496. The van der Waals surface area contributed by atoms with Gasteiger partial charge in [0.15, 0.2) is 9.84 Å². The lowest BCUT2D eigenvalue weighted by Crippen LogP contribution is -2.55. The van der Waals surface area contributed by atoms with Crippen LogP contribution in [0.1, 0.15) is 12.8 Å². The second-order valence-corrected chi connectivity index (χ2v) is 14.7. The van der Waals surface area contributed by atoms with E-state index in [1.54, 1.807) is 42.5 Å². The third-order valence-corrected chi connectivity index (χ3v) is 10.7. The first-order valence-corrected chi connectivity index (χ1v) is 17.2. The number of benzene rings is 4. The van der Waals surface area contributed by atoms with Gasteiger partial charge in [0.2, 0.25) is 15.9 Å². The van der Waals surface area contributed by atoms with Gasteiger partial charge in [-0.05, 0) is 71.6 Å². The standard InChI is InChI=1S/C31H28ClFN2O7S2/c1-42-30(36)19-35(44(40,41)24-13-10-20-16-23(32)12-9-21(20)17-24)28-7-5-15-34(31(28)37)27-14-11-22(18-26(27)33)25-6-3-4-8-29(25)43(2,38)39/h3-4,6,8-14,16-18,28H,5,7,15,19H2,1-2H3. The molecule has 44 heavy (non-hydrogen) atoms. The Morgan fingerprint density at radius 2 is 1.70 bits per heavy atom. The molecule has 1 saturated heterocycles. The van der Waals surface area contributed by atoms with E-state index >= 15 is 4.39 Å². The van der Waals surface area contributed by atoms with Crippen molar-refractivity contribution in [2.24, 2.45) is 0 Å². The molecule has 230 valence electrons. The number of amides is 1. The van der Waals surface area contributed by atoms with Crippen LogP contribution in [0.25, 0.3) is 21.9 Å². The van der Waals surface area contributed by atoms with Crippen LogP contribution in [0.4, 0.5) is 10.1 Å². The number of fused-ring (bicyclic) bond motifs is 1. The van der Waals surface area contributed by atoms with Crippen molar-refractivity contribution in [1.29, 1.82) is 0 Å². The Morgan fingerprint density at radius 1 is 1.00 bits per heavy atom. The quantitative estimate of drug-likeness (QED) is 0.243. The molecule has 0 spiro atoms. The molecule has 1 heterocycles. The molecule has 13 heteroatoms. The second-order valence-electron chi connectivity index (χ2n) is 10.4. The molecular formula is C31H28ClFN2O7S2. The number of hydrogen-bond donors (Lipinski definition) is 0. The summed E-state index contributed by atoms with van der Waals surface area (Å²) in [6, 6.07) is 18.2. The van der Waals surface area contributed by atoms with Crippen molar-refractivity contribution in [3.63, 3.8) is 0 Å². The molecule has 1 aliphatic rings. The number of rotatable bonds is 8. The summed E-state index contributed by atoms with van der Waals surface area (Å²) in [5.74, 6) is -2.37. The van der Waals surface area contributed by atoms with Gasteiger partial charge in [0.1, 0.15) is 18.4 Å². The van der Waals surface area contributed by atoms with E-state index in [1.807, 2.05) is 0 Å². The Balaban J connectivity index is 1.51. The zero-order valence-electron chi connectivity index (χ0n) is 23.7. The van der Waals surface area contributed by atoms with Crippen LogP contribution in [0.3, 0.4) is 0 Å². The minimum atomic E-state index is -4.42. The SMILES string of the molecule is COC(=O)CN(C1CCCN(c2ccc(-c3ccccc3S(C)(=O)=O)cc2F)C1=O)S(=O)(=O)c1ccc2cc(Cl)ccc2c1. The van der Waals surface area contributed by atoms with E-state index in [4.69, 9.17) is 16.3 Å². The number of carbonyl (C=O) groups is 2. The van der Waals surface area contributed by atoms with Gasteiger partial charge in [0.25, 0.3) is 0 Å². The maximum Gasteiger partial charge on any atom is 0.321 e. The zero-order chi connectivity index (χ0) is 31.8. The zero-order valence-corrected chi connectivity index (χ0v) is 26.1. The minimum Gasteiger partial charge on any atom is -0.468 e. The fourth-order valence-electron chi connectivity index (χ4n) is 5.33. The molecule has 9 nitrogen and oxygen atoms in total. The largest absolute Gasteiger partial charge is 0.468 e. The molecule has 1 fully saturated rings.